The van der Waals surface area contributed by atoms with E-state index in [-0.39, 0.29) is 29.2 Å². The molecule has 1 atom stereocenters. The van der Waals surface area contributed by atoms with Crippen LogP contribution in [0.5, 0.6) is 17.2 Å². The number of benzene rings is 2. The molecule has 31 heavy (non-hydrogen) atoms. The summed E-state index contributed by atoms with van der Waals surface area (Å²) < 4.78 is 20.9. The summed E-state index contributed by atoms with van der Waals surface area (Å²) in [4.78, 5) is 25.1. The fraction of sp³-hybridized carbons (Fsp3) is 0.417. The molecule has 7 heteroatoms. The Kier molecular flexibility index (Phi) is 8.73. The molecule has 0 radical (unpaired) electrons. The van der Waals surface area contributed by atoms with Crippen LogP contribution in [0.25, 0.3) is 0 Å². The van der Waals surface area contributed by atoms with Gasteiger partial charge in [-0.2, -0.15) is 0 Å². The van der Waals surface area contributed by atoms with Gasteiger partial charge in [-0.25, -0.2) is 4.79 Å². The van der Waals surface area contributed by atoms with Gasteiger partial charge in [-0.3, -0.25) is 4.79 Å². The average molecular weight is 430 g/mol. The number of carbonyl (C=O) groups is 2. The molecule has 1 N–H and O–H groups in total. The van der Waals surface area contributed by atoms with Gasteiger partial charge in [0.05, 0.1) is 27.4 Å². The van der Waals surface area contributed by atoms with Crippen LogP contribution in [0.15, 0.2) is 36.4 Å². The lowest BCUT2D eigenvalue weighted by Crippen LogP contribution is -2.35. The Morgan fingerprint density at radius 2 is 1.48 bits per heavy atom. The van der Waals surface area contributed by atoms with Crippen LogP contribution in [0, 0.1) is 5.92 Å². The van der Waals surface area contributed by atoms with Crippen LogP contribution in [0.1, 0.15) is 48.3 Å². The first-order chi connectivity index (χ1) is 14.8. The van der Waals surface area contributed by atoms with E-state index in [0.717, 1.165) is 12.0 Å². The normalized spacial score (nSPS) is 11.6. The predicted molar refractivity (Wildman–Crippen MR) is 118 cm³/mol. The number of hydrogen-bond acceptors (Lipinski definition) is 6. The second-order valence-corrected chi connectivity index (χ2v) is 7.37. The van der Waals surface area contributed by atoms with E-state index in [9.17, 15) is 9.59 Å². The molecule has 2 aromatic carbocycles. The van der Waals surface area contributed by atoms with Crippen molar-refractivity contribution in [2.75, 3.05) is 27.9 Å². The average Bonchev–Trinajstić information content (AvgIpc) is 2.79. The lowest BCUT2D eigenvalue weighted by molar-refractivity contribution is -0.125. The van der Waals surface area contributed by atoms with Crippen molar-refractivity contribution in [1.82, 2.24) is 5.32 Å². The number of ether oxygens (including phenoxy) is 4. The minimum atomic E-state index is -0.693. The second kappa shape index (κ2) is 11.2. The SMILES string of the molecule is CCc1ccc([C@H](NC(=O)COC(=O)c2cc(OC)c(OC)cc2OC)C(C)C)cc1. The van der Waals surface area contributed by atoms with Gasteiger partial charge in [0.25, 0.3) is 5.91 Å². The molecule has 2 rings (SSSR count). The van der Waals surface area contributed by atoms with Crippen molar-refractivity contribution in [2.24, 2.45) is 5.92 Å². The highest BCUT2D eigenvalue weighted by atomic mass is 16.5. The van der Waals surface area contributed by atoms with Gasteiger partial charge in [0.1, 0.15) is 11.3 Å². The van der Waals surface area contributed by atoms with E-state index < -0.39 is 12.6 Å². The zero-order valence-corrected chi connectivity index (χ0v) is 19.0. The molecular weight excluding hydrogens is 398 g/mol. The Balaban J connectivity index is 2.07. The van der Waals surface area contributed by atoms with Crippen LogP contribution < -0.4 is 19.5 Å². The molecule has 0 fully saturated rings. The molecule has 0 aromatic heterocycles. The van der Waals surface area contributed by atoms with Crippen LogP contribution in [-0.4, -0.2) is 39.8 Å². The molecule has 7 nitrogen and oxygen atoms in total. The van der Waals surface area contributed by atoms with Gasteiger partial charge in [-0.05, 0) is 23.5 Å². The number of amides is 1. The molecule has 0 aliphatic heterocycles. The molecule has 0 spiro atoms. The Labute approximate surface area is 183 Å². The van der Waals surface area contributed by atoms with E-state index >= 15 is 0 Å². The minimum absolute atomic E-state index is 0.142. The van der Waals surface area contributed by atoms with Gasteiger partial charge in [0, 0.05) is 12.1 Å². The fourth-order valence-corrected chi connectivity index (χ4v) is 3.21. The molecule has 0 saturated carbocycles. The van der Waals surface area contributed by atoms with Crippen LogP contribution in [-0.2, 0) is 16.0 Å². The van der Waals surface area contributed by atoms with E-state index in [4.69, 9.17) is 18.9 Å². The van der Waals surface area contributed by atoms with Gasteiger partial charge in [-0.15, -0.1) is 0 Å². The maximum atomic E-state index is 12.6. The summed E-state index contributed by atoms with van der Waals surface area (Å²) in [5.74, 6) is 0.127. The molecule has 0 aliphatic rings. The van der Waals surface area contributed by atoms with Crippen molar-refractivity contribution >= 4 is 11.9 Å². The Morgan fingerprint density at radius 1 is 0.903 bits per heavy atom. The summed E-state index contributed by atoms with van der Waals surface area (Å²) in [6.45, 7) is 5.74. The molecule has 0 aliphatic carbocycles. The maximum Gasteiger partial charge on any atom is 0.342 e. The smallest absolute Gasteiger partial charge is 0.342 e. The van der Waals surface area contributed by atoms with E-state index in [1.807, 2.05) is 26.0 Å². The van der Waals surface area contributed by atoms with Crippen molar-refractivity contribution in [2.45, 2.75) is 33.2 Å². The molecule has 0 heterocycles. The first-order valence-corrected chi connectivity index (χ1v) is 10.2. The number of aryl methyl sites for hydroxylation is 1. The van der Waals surface area contributed by atoms with Crippen LogP contribution in [0.2, 0.25) is 0 Å². The Hall–Kier alpha value is -3.22. The third-order valence-electron chi connectivity index (χ3n) is 4.99. The summed E-state index contributed by atoms with van der Waals surface area (Å²) in [6.07, 6.45) is 0.953. The highest BCUT2D eigenvalue weighted by Gasteiger charge is 2.22. The van der Waals surface area contributed by atoms with Crippen molar-refractivity contribution < 1.29 is 28.5 Å². The summed E-state index contributed by atoms with van der Waals surface area (Å²) in [5.41, 5.74) is 2.38. The lowest BCUT2D eigenvalue weighted by Gasteiger charge is -2.23. The maximum absolute atomic E-state index is 12.6. The first kappa shape index (κ1) is 24.1. The number of carbonyl (C=O) groups excluding carboxylic acids is 2. The number of methoxy groups -OCH3 is 3. The van der Waals surface area contributed by atoms with Gasteiger partial charge in [0.15, 0.2) is 18.1 Å². The minimum Gasteiger partial charge on any atom is -0.496 e. The summed E-state index contributed by atoms with van der Waals surface area (Å²) in [5, 5.41) is 2.95. The van der Waals surface area contributed by atoms with Crippen molar-refractivity contribution in [1.29, 1.82) is 0 Å². The molecule has 2 aromatic rings. The Morgan fingerprint density at radius 3 is 2.00 bits per heavy atom. The number of nitrogens with one attached hydrogen (secondary N) is 1. The fourth-order valence-electron chi connectivity index (χ4n) is 3.21. The molecule has 1 amide bonds. The standard InChI is InChI=1S/C24H31NO6/c1-7-16-8-10-17(11-9-16)23(15(2)3)25-22(26)14-31-24(27)18-12-20(29-5)21(30-6)13-19(18)28-4/h8-13,15,23H,7,14H2,1-6H3,(H,25,26)/t23-/m1/s1. The van der Waals surface area contributed by atoms with E-state index in [0.29, 0.717) is 11.5 Å². The number of hydrogen-bond donors (Lipinski definition) is 1. The van der Waals surface area contributed by atoms with E-state index in [1.54, 1.807) is 0 Å². The third-order valence-corrected chi connectivity index (χ3v) is 4.99. The molecule has 0 saturated heterocycles. The number of esters is 1. The van der Waals surface area contributed by atoms with Gasteiger partial charge >= 0.3 is 5.97 Å². The Bertz CT molecular complexity index is 892. The molecular formula is C24H31NO6. The van der Waals surface area contributed by atoms with Gasteiger partial charge < -0.3 is 24.3 Å². The van der Waals surface area contributed by atoms with Crippen LogP contribution >= 0.6 is 0 Å². The quantitative estimate of drug-likeness (QED) is 0.576. The number of rotatable bonds is 10. The highest BCUT2D eigenvalue weighted by molar-refractivity contribution is 5.95. The molecule has 0 unspecified atom stereocenters. The molecule has 0 bridgehead atoms. The summed E-state index contributed by atoms with van der Waals surface area (Å²) in [6, 6.07) is 11.0. The molecule has 168 valence electrons. The highest BCUT2D eigenvalue weighted by Crippen LogP contribution is 2.35. The van der Waals surface area contributed by atoms with Crippen molar-refractivity contribution in [3.63, 3.8) is 0 Å². The lowest BCUT2D eigenvalue weighted by atomic mass is 9.95. The first-order valence-electron chi connectivity index (χ1n) is 10.2. The van der Waals surface area contributed by atoms with E-state index in [1.165, 1.54) is 39.0 Å². The van der Waals surface area contributed by atoms with Gasteiger partial charge in [-0.1, -0.05) is 45.0 Å². The van der Waals surface area contributed by atoms with Gasteiger partial charge in [0.2, 0.25) is 0 Å². The zero-order valence-electron chi connectivity index (χ0n) is 19.0. The summed E-state index contributed by atoms with van der Waals surface area (Å²) >= 11 is 0. The largest absolute Gasteiger partial charge is 0.496 e. The van der Waals surface area contributed by atoms with Crippen molar-refractivity contribution in [3.8, 4) is 17.2 Å². The van der Waals surface area contributed by atoms with Crippen LogP contribution in [0.4, 0.5) is 0 Å². The monoisotopic (exact) mass is 429 g/mol. The van der Waals surface area contributed by atoms with E-state index in [2.05, 4.69) is 24.4 Å². The van der Waals surface area contributed by atoms with Crippen molar-refractivity contribution in [3.05, 3.63) is 53.1 Å². The second-order valence-electron chi connectivity index (χ2n) is 7.37. The summed E-state index contributed by atoms with van der Waals surface area (Å²) in [7, 11) is 4.38. The third kappa shape index (κ3) is 6.13. The van der Waals surface area contributed by atoms with Crippen LogP contribution in [0.3, 0.4) is 0 Å². The topological polar surface area (TPSA) is 83.1 Å². The predicted octanol–water partition coefficient (Wildman–Crippen LogP) is 3.95. The zero-order chi connectivity index (χ0) is 23.0.